The van der Waals surface area contributed by atoms with E-state index in [-0.39, 0.29) is 11.6 Å². The normalized spacial score (nSPS) is 16.7. The van der Waals surface area contributed by atoms with E-state index < -0.39 is 10.3 Å². The van der Waals surface area contributed by atoms with Crippen molar-refractivity contribution < 1.29 is 9.72 Å². The SMILES string of the molecule is CNc1cc2c(cc1[N+](=O)[O-])C(C)(C)C(=O)N2C. The second-order valence-corrected chi connectivity index (χ2v) is 4.88. The van der Waals surface area contributed by atoms with Crippen LogP contribution in [0, 0.1) is 10.1 Å². The highest BCUT2D eigenvalue weighted by molar-refractivity contribution is 6.08. The first-order valence-corrected chi connectivity index (χ1v) is 5.59. The van der Waals surface area contributed by atoms with Gasteiger partial charge in [0, 0.05) is 20.2 Å². The van der Waals surface area contributed by atoms with Gasteiger partial charge < -0.3 is 10.2 Å². The number of carbonyl (C=O) groups excluding carboxylic acids is 1. The highest BCUT2D eigenvalue weighted by atomic mass is 16.6. The van der Waals surface area contributed by atoms with Crippen molar-refractivity contribution in [3.63, 3.8) is 0 Å². The molecule has 1 heterocycles. The largest absolute Gasteiger partial charge is 0.383 e. The molecule has 0 fully saturated rings. The fraction of sp³-hybridized carbons (Fsp3) is 0.417. The zero-order valence-electron chi connectivity index (χ0n) is 10.8. The van der Waals surface area contributed by atoms with Gasteiger partial charge in [0.2, 0.25) is 5.91 Å². The van der Waals surface area contributed by atoms with Crippen LogP contribution in [0.4, 0.5) is 17.1 Å². The lowest BCUT2D eigenvalue weighted by molar-refractivity contribution is -0.384. The second kappa shape index (κ2) is 3.69. The summed E-state index contributed by atoms with van der Waals surface area (Å²) in [6.45, 7) is 3.56. The first kappa shape index (κ1) is 12.3. The minimum atomic E-state index is -0.721. The zero-order valence-corrected chi connectivity index (χ0v) is 10.8. The number of fused-ring (bicyclic) bond motifs is 1. The van der Waals surface area contributed by atoms with Gasteiger partial charge in [0.05, 0.1) is 16.0 Å². The molecule has 0 unspecified atom stereocenters. The van der Waals surface area contributed by atoms with Gasteiger partial charge in [-0.05, 0) is 25.5 Å². The van der Waals surface area contributed by atoms with E-state index in [2.05, 4.69) is 5.32 Å². The first-order chi connectivity index (χ1) is 8.30. The van der Waals surface area contributed by atoms with Gasteiger partial charge in [-0.2, -0.15) is 0 Å². The quantitative estimate of drug-likeness (QED) is 0.641. The number of nitrogens with zero attached hydrogens (tertiary/aromatic N) is 2. The van der Waals surface area contributed by atoms with Crippen LogP contribution >= 0.6 is 0 Å². The van der Waals surface area contributed by atoms with Crippen LogP contribution in [0.3, 0.4) is 0 Å². The van der Waals surface area contributed by atoms with E-state index in [0.29, 0.717) is 11.3 Å². The second-order valence-electron chi connectivity index (χ2n) is 4.88. The van der Waals surface area contributed by atoms with Crippen molar-refractivity contribution in [1.82, 2.24) is 0 Å². The van der Waals surface area contributed by atoms with Crippen LogP contribution in [-0.2, 0) is 10.2 Å². The zero-order chi connectivity index (χ0) is 13.7. The van der Waals surface area contributed by atoms with Gasteiger partial charge in [-0.15, -0.1) is 0 Å². The number of carbonyl (C=O) groups is 1. The molecule has 1 aromatic rings. The van der Waals surface area contributed by atoms with E-state index in [1.54, 1.807) is 38.9 Å². The molecule has 1 aromatic carbocycles. The van der Waals surface area contributed by atoms with Crippen molar-refractivity contribution in [3.05, 3.63) is 27.8 Å². The summed E-state index contributed by atoms with van der Waals surface area (Å²) in [6, 6.07) is 3.14. The third kappa shape index (κ3) is 1.45. The standard InChI is InChI=1S/C12H15N3O3/c1-12(2)7-5-10(15(17)18)8(13-3)6-9(7)14(4)11(12)16/h5-6,13H,1-4H3. The molecule has 0 aromatic heterocycles. The average molecular weight is 249 g/mol. The monoisotopic (exact) mass is 249 g/mol. The molecule has 6 nitrogen and oxygen atoms in total. The molecule has 6 heteroatoms. The molecule has 0 saturated carbocycles. The maximum atomic E-state index is 12.1. The predicted molar refractivity (Wildman–Crippen MR) is 69.1 cm³/mol. The smallest absolute Gasteiger partial charge is 0.292 e. The van der Waals surface area contributed by atoms with Gasteiger partial charge in [-0.25, -0.2) is 0 Å². The molecule has 1 aliphatic heterocycles. The molecule has 0 radical (unpaired) electrons. The maximum Gasteiger partial charge on any atom is 0.292 e. The van der Waals surface area contributed by atoms with Crippen molar-refractivity contribution in [1.29, 1.82) is 0 Å². The first-order valence-electron chi connectivity index (χ1n) is 5.59. The Morgan fingerprint density at radius 1 is 1.39 bits per heavy atom. The van der Waals surface area contributed by atoms with Gasteiger partial charge in [0.25, 0.3) is 5.69 Å². The Hall–Kier alpha value is -2.11. The Kier molecular flexibility index (Phi) is 2.53. The van der Waals surface area contributed by atoms with E-state index in [0.717, 1.165) is 5.69 Å². The maximum absolute atomic E-state index is 12.1. The van der Waals surface area contributed by atoms with Crippen molar-refractivity contribution >= 4 is 23.0 Å². The minimum absolute atomic E-state index is 0.00701. The predicted octanol–water partition coefficient (Wildman–Crippen LogP) is 1.89. The summed E-state index contributed by atoms with van der Waals surface area (Å²) >= 11 is 0. The molecule has 2 rings (SSSR count). The van der Waals surface area contributed by atoms with Gasteiger partial charge in [-0.3, -0.25) is 14.9 Å². The van der Waals surface area contributed by atoms with Gasteiger partial charge in [0.15, 0.2) is 0 Å². The van der Waals surface area contributed by atoms with E-state index >= 15 is 0 Å². The van der Waals surface area contributed by atoms with Crippen molar-refractivity contribution in [2.24, 2.45) is 0 Å². The topological polar surface area (TPSA) is 75.5 Å². The molecule has 0 atom stereocenters. The van der Waals surface area contributed by atoms with Crippen LogP contribution in [0.5, 0.6) is 0 Å². The van der Waals surface area contributed by atoms with Gasteiger partial charge in [-0.1, -0.05) is 0 Å². The Labute approximate surface area is 105 Å². The summed E-state index contributed by atoms with van der Waals surface area (Å²) in [5.41, 5.74) is 1.10. The molecule has 18 heavy (non-hydrogen) atoms. The molecule has 1 aliphatic rings. The minimum Gasteiger partial charge on any atom is -0.383 e. The molecular formula is C12H15N3O3. The van der Waals surface area contributed by atoms with Crippen molar-refractivity contribution in [2.45, 2.75) is 19.3 Å². The summed E-state index contributed by atoms with van der Waals surface area (Å²) in [5, 5.41) is 13.8. The average Bonchev–Trinajstić information content (AvgIpc) is 2.49. The van der Waals surface area contributed by atoms with Gasteiger partial charge in [0.1, 0.15) is 5.69 Å². The number of hydrogen-bond acceptors (Lipinski definition) is 4. The van der Waals surface area contributed by atoms with Crippen LogP contribution in [0.2, 0.25) is 0 Å². The van der Waals surface area contributed by atoms with Crippen LogP contribution in [0.15, 0.2) is 12.1 Å². The third-order valence-electron chi connectivity index (χ3n) is 3.45. The molecule has 0 spiro atoms. The third-order valence-corrected chi connectivity index (χ3v) is 3.45. The summed E-state index contributed by atoms with van der Waals surface area (Å²) < 4.78 is 0. The number of benzene rings is 1. The van der Waals surface area contributed by atoms with Crippen LogP contribution in [0.25, 0.3) is 0 Å². The van der Waals surface area contributed by atoms with Crippen LogP contribution in [-0.4, -0.2) is 24.9 Å². The van der Waals surface area contributed by atoms with E-state index in [1.807, 2.05) is 0 Å². The Morgan fingerprint density at radius 2 is 2.00 bits per heavy atom. The van der Waals surface area contributed by atoms with Crippen molar-refractivity contribution in [3.8, 4) is 0 Å². The number of likely N-dealkylation sites (N-methyl/N-ethyl adjacent to an activating group) is 1. The van der Waals surface area contributed by atoms with E-state index in [1.165, 1.54) is 6.07 Å². The lowest BCUT2D eigenvalue weighted by Gasteiger charge is -2.16. The number of rotatable bonds is 2. The molecule has 0 aliphatic carbocycles. The lowest BCUT2D eigenvalue weighted by Crippen LogP contribution is -2.33. The van der Waals surface area contributed by atoms with Crippen LogP contribution in [0.1, 0.15) is 19.4 Å². The highest BCUT2D eigenvalue weighted by Gasteiger charge is 2.43. The molecule has 1 N–H and O–H groups in total. The summed E-state index contributed by atoms with van der Waals surface area (Å²) in [5.74, 6) is -0.0555. The highest BCUT2D eigenvalue weighted by Crippen LogP contribution is 2.45. The number of nitro groups is 1. The number of hydrogen-bond donors (Lipinski definition) is 1. The summed E-state index contributed by atoms with van der Waals surface area (Å²) in [6.07, 6.45) is 0. The Balaban J connectivity index is 2.73. The number of amides is 1. The van der Waals surface area contributed by atoms with E-state index in [4.69, 9.17) is 0 Å². The Morgan fingerprint density at radius 3 is 2.50 bits per heavy atom. The molecular weight excluding hydrogens is 234 g/mol. The van der Waals surface area contributed by atoms with E-state index in [9.17, 15) is 14.9 Å². The number of nitro benzene ring substituents is 1. The molecule has 0 saturated heterocycles. The molecule has 0 bridgehead atoms. The summed E-state index contributed by atoms with van der Waals surface area (Å²) in [7, 11) is 3.30. The summed E-state index contributed by atoms with van der Waals surface area (Å²) in [4.78, 5) is 24.2. The lowest BCUT2D eigenvalue weighted by atomic mass is 9.86. The number of nitrogens with one attached hydrogen (secondary N) is 1. The fourth-order valence-corrected chi connectivity index (χ4v) is 2.35. The molecule has 96 valence electrons. The fourth-order valence-electron chi connectivity index (χ4n) is 2.35. The molecule has 1 amide bonds. The van der Waals surface area contributed by atoms with Crippen LogP contribution < -0.4 is 10.2 Å². The number of anilines is 2. The van der Waals surface area contributed by atoms with Gasteiger partial charge >= 0.3 is 0 Å². The Bertz CT molecular complexity index is 552. The van der Waals surface area contributed by atoms with Crippen molar-refractivity contribution in [2.75, 3.05) is 24.3 Å².